The lowest BCUT2D eigenvalue weighted by molar-refractivity contribution is -0.132. The number of likely N-dealkylation sites (tertiary alicyclic amines) is 2. The lowest BCUT2D eigenvalue weighted by atomic mass is 10.0. The van der Waals surface area contributed by atoms with Gasteiger partial charge in [-0.3, -0.25) is 4.79 Å². The van der Waals surface area contributed by atoms with E-state index in [9.17, 15) is 13.2 Å². The lowest BCUT2D eigenvalue weighted by Gasteiger charge is -2.33. The van der Waals surface area contributed by atoms with E-state index in [0.717, 1.165) is 38.6 Å². The smallest absolute Gasteiger partial charge is 0.224 e. The largest absolute Gasteiger partial charge is 0.338 e. The molecule has 0 spiro atoms. The number of sulfonamides is 1. The van der Waals surface area contributed by atoms with Crippen LogP contribution in [0.3, 0.4) is 0 Å². The molecule has 0 bridgehead atoms. The highest BCUT2D eigenvalue weighted by Crippen LogP contribution is 2.29. The predicted octanol–water partition coefficient (Wildman–Crippen LogP) is 0.0109. The Hall–Kier alpha value is -0.660. The molecule has 2 fully saturated rings. The summed E-state index contributed by atoms with van der Waals surface area (Å²) < 4.78 is 24.4. The first-order valence-corrected chi connectivity index (χ1v) is 9.22. The summed E-state index contributed by atoms with van der Waals surface area (Å²) in [6.07, 6.45) is 5.85. The van der Waals surface area contributed by atoms with E-state index >= 15 is 0 Å². The van der Waals surface area contributed by atoms with Crippen molar-refractivity contribution >= 4 is 15.9 Å². The van der Waals surface area contributed by atoms with Crippen LogP contribution in [0.15, 0.2) is 0 Å². The van der Waals surface area contributed by atoms with Gasteiger partial charge in [0.2, 0.25) is 15.9 Å². The Balaban J connectivity index is 1.88. The Morgan fingerprint density at radius 2 is 1.85 bits per heavy atom. The zero-order chi connectivity index (χ0) is 14.8. The first-order chi connectivity index (χ1) is 9.38. The monoisotopic (exact) mass is 303 g/mol. The molecule has 0 radical (unpaired) electrons. The minimum absolute atomic E-state index is 0.0731. The Morgan fingerprint density at radius 1 is 1.20 bits per heavy atom. The molecule has 0 aromatic heterocycles. The van der Waals surface area contributed by atoms with Gasteiger partial charge in [0.1, 0.15) is 0 Å². The lowest BCUT2D eigenvalue weighted by Crippen LogP contribution is -2.47. The van der Waals surface area contributed by atoms with Gasteiger partial charge in [0.25, 0.3) is 0 Å². The van der Waals surface area contributed by atoms with Crippen molar-refractivity contribution in [1.29, 1.82) is 0 Å². The number of carbonyl (C=O) groups is 1. The summed E-state index contributed by atoms with van der Waals surface area (Å²) >= 11 is 0. The van der Waals surface area contributed by atoms with Crippen LogP contribution in [0, 0.1) is 0 Å². The average molecular weight is 303 g/mol. The van der Waals surface area contributed by atoms with Crippen molar-refractivity contribution in [2.75, 3.05) is 32.9 Å². The molecular weight excluding hydrogens is 278 g/mol. The number of rotatable bonds is 5. The van der Waals surface area contributed by atoms with Crippen molar-refractivity contribution in [2.45, 2.75) is 44.2 Å². The highest BCUT2D eigenvalue weighted by molar-refractivity contribution is 7.88. The number of nitrogens with zero attached hydrogens (tertiary/aromatic N) is 2. The molecule has 20 heavy (non-hydrogen) atoms. The van der Waals surface area contributed by atoms with Gasteiger partial charge in [0.15, 0.2) is 0 Å². The quantitative estimate of drug-likeness (QED) is 0.777. The van der Waals surface area contributed by atoms with Gasteiger partial charge in [-0.1, -0.05) is 0 Å². The molecule has 0 aromatic rings. The maximum Gasteiger partial charge on any atom is 0.224 e. The summed E-state index contributed by atoms with van der Waals surface area (Å²) in [5.74, 6) is 0.0731. The van der Waals surface area contributed by atoms with Crippen molar-refractivity contribution < 1.29 is 13.2 Å². The number of hydrogen-bond acceptors (Lipinski definition) is 4. The Kier molecular flexibility index (Phi) is 5.04. The van der Waals surface area contributed by atoms with Crippen LogP contribution in [0.5, 0.6) is 0 Å². The van der Waals surface area contributed by atoms with Crippen molar-refractivity contribution in [3.63, 3.8) is 0 Å². The molecule has 0 aliphatic carbocycles. The van der Waals surface area contributed by atoms with Crippen LogP contribution in [-0.2, 0) is 14.8 Å². The summed E-state index contributed by atoms with van der Waals surface area (Å²) in [5, 5.41) is 0. The molecule has 1 amide bonds. The van der Waals surface area contributed by atoms with Gasteiger partial charge in [0, 0.05) is 31.6 Å². The van der Waals surface area contributed by atoms with Gasteiger partial charge in [0.05, 0.1) is 6.26 Å². The fourth-order valence-electron chi connectivity index (χ4n) is 3.41. The third kappa shape index (κ3) is 3.93. The zero-order valence-electron chi connectivity index (χ0n) is 12.3. The molecule has 0 saturated carbocycles. The second-order valence-corrected chi connectivity index (χ2v) is 7.74. The molecule has 2 aliphatic heterocycles. The molecule has 1 N–H and O–H groups in total. The fourth-order valence-corrected chi connectivity index (χ4v) is 3.88. The number of carbonyl (C=O) groups excluding carboxylic acids is 1. The van der Waals surface area contributed by atoms with Crippen molar-refractivity contribution in [3.05, 3.63) is 0 Å². The fraction of sp³-hybridized carbons (Fsp3) is 0.923. The summed E-state index contributed by atoms with van der Waals surface area (Å²) in [5.41, 5.74) is 0. The summed E-state index contributed by atoms with van der Waals surface area (Å²) in [4.78, 5) is 16.6. The molecule has 7 heteroatoms. The van der Waals surface area contributed by atoms with Crippen molar-refractivity contribution in [1.82, 2.24) is 14.5 Å². The van der Waals surface area contributed by atoms with E-state index in [1.165, 1.54) is 6.42 Å². The molecule has 6 nitrogen and oxygen atoms in total. The Morgan fingerprint density at radius 3 is 2.45 bits per heavy atom. The molecule has 0 unspecified atom stereocenters. The van der Waals surface area contributed by atoms with E-state index in [-0.39, 0.29) is 18.9 Å². The van der Waals surface area contributed by atoms with Crippen molar-refractivity contribution in [2.24, 2.45) is 0 Å². The van der Waals surface area contributed by atoms with Crippen LogP contribution in [-0.4, -0.2) is 69.1 Å². The molecule has 116 valence electrons. The second kappa shape index (κ2) is 6.41. The van der Waals surface area contributed by atoms with Gasteiger partial charge < -0.3 is 9.80 Å². The van der Waals surface area contributed by atoms with E-state index in [2.05, 4.69) is 16.7 Å². The molecule has 0 aromatic carbocycles. The number of likely N-dealkylation sites (N-methyl/N-ethyl adjacent to an activating group) is 1. The topological polar surface area (TPSA) is 69.7 Å². The van der Waals surface area contributed by atoms with E-state index < -0.39 is 10.0 Å². The van der Waals surface area contributed by atoms with E-state index in [4.69, 9.17) is 0 Å². The Labute approximate surface area is 121 Å². The number of amides is 1. The minimum Gasteiger partial charge on any atom is -0.338 e. The van der Waals surface area contributed by atoms with Crippen molar-refractivity contribution in [3.8, 4) is 0 Å². The average Bonchev–Trinajstić information content (AvgIpc) is 2.94. The molecule has 2 atom stereocenters. The van der Waals surface area contributed by atoms with E-state index in [1.54, 1.807) is 0 Å². The van der Waals surface area contributed by atoms with Crippen LogP contribution in [0.4, 0.5) is 0 Å². The first-order valence-electron chi connectivity index (χ1n) is 7.33. The minimum atomic E-state index is -3.21. The van der Waals surface area contributed by atoms with E-state index in [1.807, 2.05) is 4.90 Å². The third-order valence-corrected chi connectivity index (χ3v) is 5.07. The third-order valence-electron chi connectivity index (χ3n) is 4.34. The predicted molar refractivity (Wildman–Crippen MR) is 77.9 cm³/mol. The highest BCUT2D eigenvalue weighted by Gasteiger charge is 2.37. The maximum atomic E-state index is 12.3. The van der Waals surface area contributed by atoms with Crippen LogP contribution in [0.25, 0.3) is 0 Å². The maximum absolute atomic E-state index is 12.3. The summed E-state index contributed by atoms with van der Waals surface area (Å²) in [7, 11) is -1.08. The summed E-state index contributed by atoms with van der Waals surface area (Å²) in [6, 6.07) is 0.789. The van der Waals surface area contributed by atoms with Crippen LogP contribution in [0.1, 0.15) is 32.1 Å². The van der Waals surface area contributed by atoms with Gasteiger partial charge in [-0.25, -0.2) is 13.1 Å². The number of nitrogens with one attached hydrogen (secondary N) is 1. The highest BCUT2D eigenvalue weighted by atomic mass is 32.2. The second-order valence-electron chi connectivity index (χ2n) is 5.90. The molecular formula is C13H25N3O3S. The molecule has 2 rings (SSSR count). The zero-order valence-corrected chi connectivity index (χ0v) is 13.2. The van der Waals surface area contributed by atoms with Crippen LogP contribution in [0.2, 0.25) is 0 Å². The first kappa shape index (κ1) is 15.7. The van der Waals surface area contributed by atoms with E-state index in [0.29, 0.717) is 12.1 Å². The molecule has 2 saturated heterocycles. The molecule has 2 heterocycles. The van der Waals surface area contributed by atoms with Gasteiger partial charge in [-0.05, 0) is 39.3 Å². The summed E-state index contributed by atoms with van der Waals surface area (Å²) in [6.45, 7) is 2.12. The normalized spacial score (nSPS) is 28.2. The Bertz CT molecular complexity index is 452. The van der Waals surface area contributed by atoms with Crippen LogP contribution < -0.4 is 4.72 Å². The standard InChI is InChI=1S/C13H25N3O3S/c1-15-9-3-5-11(15)12-6-4-10-16(12)13(17)7-8-14-20(2,18)19/h11-12,14H,3-10H2,1-2H3/t11-,12-/m0/s1. The van der Waals surface area contributed by atoms with Gasteiger partial charge in [-0.15, -0.1) is 0 Å². The number of hydrogen-bond donors (Lipinski definition) is 1. The van der Waals surface area contributed by atoms with Gasteiger partial charge in [-0.2, -0.15) is 0 Å². The SMILES string of the molecule is CN1CCC[C@H]1[C@@H]1CCCN1C(=O)CCNS(C)(=O)=O. The molecule has 2 aliphatic rings. The van der Waals surface area contributed by atoms with Gasteiger partial charge >= 0.3 is 0 Å². The van der Waals surface area contributed by atoms with Crippen LogP contribution >= 0.6 is 0 Å².